The van der Waals surface area contributed by atoms with Crippen molar-refractivity contribution in [3.63, 3.8) is 0 Å². The van der Waals surface area contributed by atoms with Gasteiger partial charge in [-0.3, -0.25) is 14.4 Å². The van der Waals surface area contributed by atoms with Crippen LogP contribution < -0.4 is 20.3 Å². The second-order valence-electron chi connectivity index (χ2n) is 7.24. The minimum absolute atomic E-state index is 0.0114. The number of benzene rings is 2. The van der Waals surface area contributed by atoms with Gasteiger partial charge < -0.3 is 24.8 Å². The Morgan fingerprint density at radius 1 is 1.09 bits per heavy atom. The minimum Gasteiger partial charge on any atom is -0.490 e. The zero-order valence-electron chi connectivity index (χ0n) is 17.4. The van der Waals surface area contributed by atoms with Crippen LogP contribution in [0.4, 0.5) is 17.1 Å². The molecule has 32 heavy (non-hydrogen) atoms. The molecule has 2 aromatic carbocycles. The third-order valence-electron chi connectivity index (χ3n) is 4.97. The number of carbonyl (C=O) groups excluding carboxylic acids is 3. The van der Waals surface area contributed by atoms with Crippen LogP contribution in [0, 0.1) is 0 Å². The van der Waals surface area contributed by atoms with Gasteiger partial charge in [0.25, 0.3) is 0 Å². The van der Waals surface area contributed by atoms with Crippen molar-refractivity contribution >= 4 is 34.8 Å². The van der Waals surface area contributed by atoms with Crippen molar-refractivity contribution in [1.82, 2.24) is 9.55 Å². The normalized spacial score (nSPS) is 12.6. The van der Waals surface area contributed by atoms with Gasteiger partial charge in [0.1, 0.15) is 18.9 Å². The first-order valence-electron chi connectivity index (χ1n) is 10.3. The summed E-state index contributed by atoms with van der Waals surface area (Å²) in [5.41, 5.74) is 1.76. The highest BCUT2D eigenvalue weighted by atomic mass is 16.5. The van der Waals surface area contributed by atoms with E-state index in [1.54, 1.807) is 55.0 Å². The molecule has 9 heteroatoms. The van der Waals surface area contributed by atoms with Crippen LogP contribution in [0.2, 0.25) is 0 Å². The first kappa shape index (κ1) is 21.1. The molecule has 0 atom stereocenters. The van der Waals surface area contributed by atoms with Crippen LogP contribution in [0.3, 0.4) is 0 Å². The molecule has 4 rings (SSSR count). The lowest BCUT2D eigenvalue weighted by molar-refractivity contribution is -0.124. The maximum Gasteiger partial charge on any atom is 0.244 e. The first-order valence-corrected chi connectivity index (χ1v) is 10.3. The Labute approximate surface area is 185 Å². The number of fused-ring (bicyclic) bond motifs is 1. The molecule has 0 spiro atoms. The maximum absolute atomic E-state index is 12.7. The number of hydrogen-bond acceptors (Lipinski definition) is 5. The maximum atomic E-state index is 12.7. The van der Waals surface area contributed by atoms with Gasteiger partial charge in [0.15, 0.2) is 0 Å². The molecule has 9 nitrogen and oxygen atoms in total. The van der Waals surface area contributed by atoms with E-state index < -0.39 is 0 Å². The molecule has 0 unspecified atom stereocenters. The van der Waals surface area contributed by atoms with Crippen LogP contribution in [0.1, 0.15) is 12.8 Å². The summed E-state index contributed by atoms with van der Waals surface area (Å²) in [6.07, 6.45) is 5.22. The third kappa shape index (κ3) is 5.12. The van der Waals surface area contributed by atoms with Gasteiger partial charge in [-0.2, -0.15) is 0 Å². The summed E-state index contributed by atoms with van der Waals surface area (Å²) in [6.45, 7) is 0.977. The summed E-state index contributed by atoms with van der Waals surface area (Å²) < 4.78 is 7.69. The predicted molar refractivity (Wildman–Crippen MR) is 119 cm³/mol. The monoisotopic (exact) mass is 433 g/mol. The molecule has 0 radical (unpaired) electrons. The number of nitrogens with one attached hydrogen (secondary N) is 2. The van der Waals surface area contributed by atoms with E-state index in [1.807, 2.05) is 16.8 Å². The lowest BCUT2D eigenvalue weighted by atomic mass is 10.1. The average molecular weight is 433 g/mol. The highest BCUT2D eigenvalue weighted by molar-refractivity contribution is 6.10. The summed E-state index contributed by atoms with van der Waals surface area (Å²) >= 11 is 0. The highest BCUT2D eigenvalue weighted by Gasteiger charge is 2.26. The number of aromatic nitrogens is 2. The summed E-state index contributed by atoms with van der Waals surface area (Å²) in [5.74, 6) is -0.303. The molecule has 0 saturated carbocycles. The fraction of sp³-hybridized carbons (Fsp3) is 0.217. The van der Waals surface area contributed by atoms with E-state index in [2.05, 4.69) is 15.6 Å². The molecule has 3 aromatic rings. The van der Waals surface area contributed by atoms with Crippen LogP contribution >= 0.6 is 0 Å². The summed E-state index contributed by atoms with van der Waals surface area (Å²) in [4.78, 5) is 42.5. The molecule has 0 aliphatic carbocycles. The Balaban J connectivity index is 1.32. The number of anilines is 3. The van der Waals surface area contributed by atoms with Crippen LogP contribution in [-0.4, -0.2) is 40.4 Å². The van der Waals surface area contributed by atoms with E-state index in [1.165, 1.54) is 4.90 Å². The van der Waals surface area contributed by atoms with Gasteiger partial charge in [-0.25, -0.2) is 4.98 Å². The largest absolute Gasteiger partial charge is 0.490 e. The number of nitrogens with zero attached hydrogens (tertiary/aromatic N) is 3. The number of ether oxygens (including phenoxy) is 1. The Morgan fingerprint density at radius 2 is 1.91 bits per heavy atom. The van der Waals surface area contributed by atoms with Gasteiger partial charge in [-0.05, 0) is 24.3 Å². The van der Waals surface area contributed by atoms with Crippen molar-refractivity contribution in [2.45, 2.75) is 19.4 Å². The van der Waals surface area contributed by atoms with Gasteiger partial charge in [0.2, 0.25) is 17.7 Å². The van der Waals surface area contributed by atoms with E-state index in [0.717, 1.165) is 0 Å². The molecule has 2 heterocycles. The zero-order valence-corrected chi connectivity index (χ0v) is 17.4. The van der Waals surface area contributed by atoms with Gasteiger partial charge >= 0.3 is 0 Å². The predicted octanol–water partition coefficient (Wildman–Crippen LogP) is 2.67. The van der Waals surface area contributed by atoms with Crippen molar-refractivity contribution in [2.24, 2.45) is 0 Å². The van der Waals surface area contributed by atoms with E-state index in [9.17, 15) is 14.4 Å². The molecular weight excluding hydrogens is 410 g/mol. The molecular formula is C23H23N5O4. The Morgan fingerprint density at radius 3 is 2.75 bits per heavy atom. The van der Waals surface area contributed by atoms with Crippen molar-refractivity contribution in [1.29, 1.82) is 0 Å². The Hall–Kier alpha value is -4.14. The number of hydrogen-bond donors (Lipinski definition) is 2. The molecule has 164 valence electrons. The summed E-state index contributed by atoms with van der Waals surface area (Å²) in [6, 6.07) is 14.2. The molecule has 1 aromatic heterocycles. The fourth-order valence-electron chi connectivity index (χ4n) is 3.40. The highest BCUT2D eigenvalue weighted by Crippen LogP contribution is 2.29. The van der Waals surface area contributed by atoms with Crippen molar-refractivity contribution < 1.29 is 19.1 Å². The van der Waals surface area contributed by atoms with E-state index in [-0.39, 0.29) is 37.1 Å². The van der Waals surface area contributed by atoms with Gasteiger partial charge in [-0.15, -0.1) is 0 Å². The van der Waals surface area contributed by atoms with Crippen LogP contribution in [0.15, 0.2) is 67.3 Å². The average Bonchev–Trinajstić information content (AvgIpc) is 3.31. The number of imidazole rings is 1. The van der Waals surface area contributed by atoms with Crippen LogP contribution in [0.5, 0.6) is 5.75 Å². The first-order chi connectivity index (χ1) is 15.6. The van der Waals surface area contributed by atoms with Crippen LogP contribution in [0.25, 0.3) is 0 Å². The fourth-order valence-corrected chi connectivity index (χ4v) is 3.40. The number of carbonyl (C=O) groups is 3. The second kappa shape index (κ2) is 9.78. The van der Waals surface area contributed by atoms with Crippen molar-refractivity contribution in [3.05, 3.63) is 67.3 Å². The second-order valence-corrected chi connectivity index (χ2v) is 7.24. The number of rotatable bonds is 8. The van der Waals surface area contributed by atoms with Gasteiger partial charge in [0, 0.05) is 25.2 Å². The quantitative estimate of drug-likeness (QED) is 0.568. The third-order valence-corrected chi connectivity index (χ3v) is 4.97. The molecule has 1 aliphatic rings. The molecule has 0 fully saturated rings. The van der Waals surface area contributed by atoms with Crippen LogP contribution in [-0.2, 0) is 20.9 Å². The SMILES string of the molecule is O=C(CCC(=O)N1CC(=O)Nc2ccccc21)Nc1ccccc1OCCn1ccnc1. The number of para-hydroxylation sites is 4. The smallest absolute Gasteiger partial charge is 0.244 e. The lowest BCUT2D eigenvalue weighted by Crippen LogP contribution is -2.42. The standard InChI is InChI=1S/C23H23N5O4/c29-21(9-10-23(31)28-15-22(30)25-17-5-1-3-7-19(17)28)26-18-6-2-4-8-20(18)32-14-13-27-12-11-24-16-27/h1-8,11-12,16H,9-10,13-15H2,(H,25,30)(H,26,29). The zero-order chi connectivity index (χ0) is 22.3. The lowest BCUT2D eigenvalue weighted by Gasteiger charge is -2.29. The van der Waals surface area contributed by atoms with Crippen molar-refractivity contribution in [2.75, 3.05) is 28.7 Å². The summed E-state index contributed by atoms with van der Waals surface area (Å²) in [7, 11) is 0. The van der Waals surface area contributed by atoms with E-state index in [4.69, 9.17) is 4.74 Å². The summed E-state index contributed by atoms with van der Waals surface area (Å²) in [5, 5.41) is 5.55. The molecule has 1 aliphatic heterocycles. The minimum atomic E-state index is -0.307. The van der Waals surface area contributed by atoms with Crippen molar-refractivity contribution in [3.8, 4) is 5.75 Å². The Kier molecular flexibility index (Phi) is 6.45. The molecule has 0 saturated heterocycles. The Bertz CT molecular complexity index is 1110. The topological polar surface area (TPSA) is 106 Å². The molecule has 0 bridgehead atoms. The number of amides is 3. The van der Waals surface area contributed by atoms with E-state index in [0.29, 0.717) is 36.0 Å². The molecule has 3 amide bonds. The van der Waals surface area contributed by atoms with E-state index >= 15 is 0 Å². The molecule has 2 N–H and O–H groups in total. The van der Waals surface area contributed by atoms with Gasteiger partial charge in [-0.1, -0.05) is 24.3 Å². The van der Waals surface area contributed by atoms with Gasteiger partial charge in [0.05, 0.1) is 29.9 Å².